The third-order valence-corrected chi connectivity index (χ3v) is 4.17. The molecule has 4 nitrogen and oxygen atoms in total. The molecule has 0 radical (unpaired) electrons. The van der Waals surface area contributed by atoms with Gasteiger partial charge in [-0.3, -0.25) is 4.57 Å². The Morgan fingerprint density at radius 3 is 2.19 bits per heavy atom. The zero-order chi connectivity index (χ0) is 20.0. The second kappa shape index (κ2) is 6.77. The van der Waals surface area contributed by atoms with Crippen molar-refractivity contribution in [3.8, 4) is 17.2 Å². The molecular weight excluding hydrogens is 489 g/mol. The highest BCUT2D eigenvalue weighted by Gasteiger charge is 2.35. The molecule has 0 bridgehead atoms. The Balaban J connectivity index is 2.16. The predicted molar refractivity (Wildman–Crippen MR) is 92.0 cm³/mol. The Hall–Kier alpha value is -2.18. The summed E-state index contributed by atoms with van der Waals surface area (Å²) in [5, 5.41) is 0. The van der Waals surface area contributed by atoms with Crippen molar-refractivity contribution in [1.82, 2.24) is 19.5 Å². The molecule has 27 heavy (non-hydrogen) atoms. The molecule has 1 aromatic carbocycles. The molecule has 0 fully saturated rings. The van der Waals surface area contributed by atoms with E-state index in [9.17, 15) is 26.3 Å². The summed E-state index contributed by atoms with van der Waals surface area (Å²) in [5.41, 5.74) is -2.22. The Morgan fingerprint density at radius 1 is 0.963 bits per heavy atom. The van der Waals surface area contributed by atoms with E-state index in [4.69, 9.17) is 0 Å². The number of aryl methyl sites for hydroxylation is 1. The van der Waals surface area contributed by atoms with Gasteiger partial charge in [-0.25, -0.2) is 15.0 Å². The van der Waals surface area contributed by atoms with Crippen molar-refractivity contribution in [3.05, 3.63) is 57.3 Å². The van der Waals surface area contributed by atoms with Crippen LogP contribution in [0.15, 0.2) is 36.8 Å². The smallest absolute Gasteiger partial charge is 0.273 e. The van der Waals surface area contributed by atoms with Crippen LogP contribution in [0.1, 0.15) is 16.8 Å². The number of alkyl halides is 6. The van der Waals surface area contributed by atoms with Gasteiger partial charge in [0, 0.05) is 11.8 Å². The summed E-state index contributed by atoms with van der Waals surface area (Å²) in [7, 11) is 0. The summed E-state index contributed by atoms with van der Waals surface area (Å²) in [5.74, 6) is -0.284. The van der Waals surface area contributed by atoms with Gasteiger partial charge in [0.1, 0.15) is 10.0 Å². The van der Waals surface area contributed by atoms with Gasteiger partial charge in [0.25, 0.3) is 0 Å². The fourth-order valence-corrected chi connectivity index (χ4v) is 2.82. The number of hydrogen-bond acceptors (Lipinski definition) is 3. The van der Waals surface area contributed by atoms with Crippen molar-refractivity contribution in [1.29, 1.82) is 0 Å². The third-order valence-electron chi connectivity index (χ3n) is 3.61. The fraction of sp³-hybridized carbons (Fsp3) is 0.188. The molecule has 3 rings (SSSR count). The number of imidazole rings is 1. The Bertz CT molecular complexity index is 993. The minimum atomic E-state index is -4.75. The highest BCUT2D eigenvalue weighted by molar-refractivity contribution is 14.1. The van der Waals surface area contributed by atoms with Crippen molar-refractivity contribution in [2.45, 2.75) is 19.3 Å². The Morgan fingerprint density at radius 2 is 1.67 bits per heavy atom. The van der Waals surface area contributed by atoms with E-state index >= 15 is 0 Å². The molecule has 0 aliphatic carbocycles. The lowest BCUT2D eigenvalue weighted by Gasteiger charge is -2.13. The highest BCUT2D eigenvalue weighted by Crippen LogP contribution is 2.35. The van der Waals surface area contributed by atoms with Crippen molar-refractivity contribution in [2.24, 2.45) is 0 Å². The first-order valence-corrected chi connectivity index (χ1v) is 8.37. The molecule has 0 atom stereocenters. The molecule has 0 aliphatic rings. The average molecular weight is 498 g/mol. The quantitative estimate of drug-likeness (QED) is 0.357. The van der Waals surface area contributed by atoms with Gasteiger partial charge < -0.3 is 0 Å². The molecule has 0 unspecified atom stereocenters. The Labute approximate surface area is 162 Å². The second-order valence-corrected chi connectivity index (χ2v) is 6.67. The van der Waals surface area contributed by atoms with Crippen LogP contribution in [0.4, 0.5) is 26.3 Å². The van der Waals surface area contributed by atoms with E-state index in [1.54, 1.807) is 0 Å². The van der Waals surface area contributed by atoms with E-state index in [0.29, 0.717) is 9.77 Å². The first-order valence-electron chi connectivity index (χ1n) is 7.29. The fourth-order valence-electron chi connectivity index (χ4n) is 2.39. The summed E-state index contributed by atoms with van der Waals surface area (Å²) < 4.78 is 80.1. The first kappa shape index (κ1) is 19.6. The summed E-state index contributed by atoms with van der Waals surface area (Å²) >= 11 is 1.87. The molecular formula is C16H9F6IN4. The van der Waals surface area contributed by atoms with Gasteiger partial charge in [0.15, 0.2) is 5.69 Å². The number of aromatic nitrogens is 4. The SMILES string of the molecule is Cc1cc(-c2cc(C(F)(F)F)nc(-n3cnc(I)c3)n2)ccc1C(F)(F)F. The summed E-state index contributed by atoms with van der Waals surface area (Å²) in [4.78, 5) is 11.5. The lowest BCUT2D eigenvalue weighted by molar-refractivity contribution is -0.141. The lowest BCUT2D eigenvalue weighted by Crippen LogP contribution is -2.12. The largest absolute Gasteiger partial charge is 0.433 e. The van der Waals surface area contributed by atoms with Gasteiger partial charge in [-0.05, 0) is 53.3 Å². The van der Waals surface area contributed by atoms with E-state index in [1.807, 2.05) is 22.6 Å². The minimum absolute atomic E-state index is 0.115. The highest BCUT2D eigenvalue weighted by atomic mass is 127. The molecule has 0 spiro atoms. The number of halogens is 7. The van der Waals surface area contributed by atoms with Gasteiger partial charge in [0.2, 0.25) is 5.95 Å². The van der Waals surface area contributed by atoms with E-state index < -0.39 is 23.6 Å². The molecule has 2 heterocycles. The van der Waals surface area contributed by atoms with Gasteiger partial charge in [-0.1, -0.05) is 6.07 Å². The topological polar surface area (TPSA) is 43.6 Å². The summed E-state index contributed by atoms with van der Waals surface area (Å²) in [6, 6.07) is 3.75. The normalized spacial score (nSPS) is 12.4. The molecule has 0 saturated carbocycles. The molecule has 142 valence electrons. The zero-order valence-electron chi connectivity index (χ0n) is 13.4. The van der Waals surface area contributed by atoms with Gasteiger partial charge >= 0.3 is 12.4 Å². The van der Waals surface area contributed by atoms with Crippen molar-refractivity contribution >= 4 is 22.6 Å². The van der Waals surface area contributed by atoms with Crippen molar-refractivity contribution in [3.63, 3.8) is 0 Å². The molecule has 11 heteroatoms. The van der Waals surface area contributed by atoms with Gasteiger partial charge in [-0.2, -0.15) is 26.3 Å². The Kier molecular flexibility index (Phi) is 4.91. The monoisotopic (exact) mass is 498 g/mol. The van der Waals surface area contributed by atoms with Crippen LogP contribution in [0.2, 0.25) is 0 Å². The molecule has 0 aliphatic heterocycles. The standard InChI is InChI=1S/C16H9F6IN4/c1-8-4-9(2-3-10(8)15(17,18)19)11-5-12(16(20,21)22)26-14(25-11)27-6-13(23)24-7-27/h2-7H,1H3. The van der Waals surface area contributed by atoms with Crippen LogP contribution in [-0.4, -0.2) is 19.5 Å². The second-order valence-electron chi connectivity index (χ2n) is 5.57. The predicted octanol–water partition coefficient (Wildman–Crippen LogP) is 5.28. The first-order chi connectivity index (χ1) is 12.4. The average Bonchev–Trinajstić information content (AvgIpc) is 2.99. The van der Waals surface area contributed by atoms with Crippen LogP contribution in [0.3, 0.4) is 0 Å². The number of nitrogens with zero attached hydrogens (tertiary/aromatic N) is 4. The van der Waals surface area contributed by atoms with Gasteiger partial charge in [-0.15, -0.1) is 0 Å². The van der Waals surface area contributed by atoms with E-state index in [-0.39, 0.29) is 22.8 Å². The van der Waals surface area contributed by atoms with Crippen LogP contribution in [0.5, 0.6) is 0 Å². The molecule has 2 aromatic heterocycles. The van der Waals surface area contributed by atoms with Crippen LogP contribution < -0.4 is 0 Å². The summed E-state index contributed by atoms with van der Waals surface area (Å²) in [6.45, 7) is 1.23. The molecule has 0 amide bonds. The van der Waals surface area contributed by atoms with Crippen LogP contribution in [0.25, 0.3) is 17.2 Å². The number of benzene rings is 1. The summed E-state index contributed by atoms with van der Waals surface area (Å²) in [6.07, 6.45) is -6.62. The van der Waals surface area contributed by atoms with E-state index in [1.165, 1.54) is 24.0 Å². The van der Waals surface area contributed by atoms with Gasteiger partial charge in [0.05, 0.1) is 11.3 Å². The zero-order valence-corrected chi connectivity index (χ0v) is 15.6. The van der Waals surface area contributed by atoms with E-state index in [0.717, 1.165) is 18.2 Å². The van der Waals surface area contributed by atoms with E-state index in [2.05, 4.69) is 15.0 Å². The maximum absolute atomic E-state index is 13.2. The maximum Gasteiger partial charge on any atom is 0.433 e. The minimum Gasteiger partial charge on any atom is -0.273 e. The third kappa shape index (κ3) is 4.22. The number of rotatable bonds is 2. The van der Waals surface area contributed by atoms with Crippen molar-refractivity contribution in [2.75, 3.05) is 0 Å². The molecule has 0 N–H and O–H groups in total. The van der Waals surface area contributed by atoms with Crippen LogP contribution >= 0.6 is 22.6 Å². The van der Waals surface area contributed by atoms with Crippen LogP contribution in [-0.2, 0) is 12.4 Å². The maximum atomic E-state index is 13.2. The van der Waals surface area contributed by atoms with Crippen molar-refractivity contribution < 1.29 is 26.3 Å². The molecule has 0 saturated heterocycles. The lowest BCUT2D eigenvalue weighted by atomic mass is 10.0. The number of hydrogen-bond donors (Lipinski definition) is 0. The van der Waals surface area contributed by atoms with Crippen LogP contribution in [0, 0.1) is 10.6 Å². The molecule has 3 aromatic rings.